The summed E-state index contributed by atoms with van der Waals surface area (Å²) < 4.78 is 0. The monoisotopic (exact) mass is 232 g/mol. The van der Waals surface area contributed by atoms with Gasteiger partial charge in [0.1, 0.15) is 0 Å². The zero-order valence-electron chi connectivity index (χ0n) is 9.23. The molecule has 1 aromatic carbocycles. The van der Waals surface area contributed by atoms with Gasteiger partial charge in [-0.15, -0.1) is 11.3 Å². The number of benzene rings is 1. The molecule has 2 aromatic rings. The molecule has 1 N–H and O–H groups in total. The second kappa shape index (κ2) is 5.83. The van der Waals surface area contributed by atoms with Crippen LogP contribution in [0.25, 0.3) is 0 Å². The number of aryl methyl sites for hydroxylation is 2. The summed E-state index contributed by atoms with van der Waals surface area (Å²) in [5, 5.41) is 8.96. The summed E-state index contributed by atoms with van der Waals surface area (Å²) in [4.78, 5) is 2.44. The third-order valence-electron chi connectivity index (χ3n) is 2.60. The Hall–Kier alpha value is -1.12. The third-order valence-corrected chi connectivity index (χ3v) is 3.73. The molecule has 0 saturated carbocycles. The lowest BCUT2D eigenvalue weighted by atomic mass is 10.1. The van der Waals surface area contributed by atoms with Crippen molar-refractivity contribution in [3.05, 3.63) is 57.8 Å². The molecule has 0 spiro atoms. The second-order valence-electron chi connectivity index (χ2n) is 3.87. The summed E-state index contributed by atoms with van der Waals surface area (Å²) in [6.45, 7) is 0.170. The molecular formula is C14H16OS. The Labute approximate surface area is 100 Å². The average Bonchev–Trinajstić information content (AvgIpc) is 2.78. The van der Waals surface area contributed by atoms with E-state index < -0.39 is 0 Å². The standard InChI is InChI=1S/C14H16OS/c15-11-14-10-9-13(16-14)8-4-7-12-5-2-1-3-6-12/h1-3,5-6,9-10,15H,4,7-8,11H2. The van der Waals surface area contributed by atoms with Gasteiger partial charge in [-0.1, -0.05) is 30.3 Å². The SMILES string of the molecule is OCc1ccc(CCCc2ccccc2)s1. The van der Waals surface area contributed by atoms with Gasteiger partial charge in [-0.3, -0.25) is 0 Å². The maximum absolute atomic E-state index is 8.96. The predicted molar refractivity (Wildman–Crippen MR) is 68.7 cm³/mol. The van der Waals surface area contributed by atoms with Crippen LogP contribution in [0, 0.1) is 0 Å². The molecule has 16 heavy (non-hydrogen) atoms. The van der Waals surface area contributed by atoms with Crippen molar-refractivity contribution in [1.29, 1.82) is 0 Å². The number of thiophene rings is 1. The zero-order chi connectivity index (χ0) is 11.2. The van der Waals surface area contributed by atoms with Gasteiger partial charge in [-0.2, -0.15) is 0 Å². The molecule has 0 fully saturated rings. The first-order valence-electron chi connectivity index (χ1n) is 5.61. The highest BCUT2D eigenvalue weighted by atomic mass is 32.1. The van der Waals surface area contributed by atoms with Crippen molar-refractivity contribution in [3.8, 4) is 0 Å². The van der Waals surface area contributed by atoms with E-state index in [2.05, 4.69) is 36.4 Å². The molecule has 0 unspecified atom stereocenters. The molecule has 1 heterocycles. The van der Waals surface area contributed by atoms with Gasteiger partial charge < -0.3 is 5.11 Å². The summed E-state index contributed by atoms with van der Waals surface area (Å²) >= 11 is 1.72. The lowest BCUT2D eigenvalue weighted by Gasteiger charge is -1.99. The fraction of sp³-hybridized carbons (Fsp3) is 0.286. The van der Waals surface area contributed by atoms with Crippen LogP contribution in [-0.2, 0) is 19.4 Å². The maximum Gasteiger partial charge on any atom is 0.0774 e. The van der Waals surface area contributed by atoms with Crippen LogP contribution in [-0.4, -0.2) is 5.11 Å². The van der Waals surface area contributed by atoms with Gasteiger partial charge in [0.25, 0.3) is 0 Å². The van der Waals surface area contributed by atoms with E-state index in [0.717, 1.165) is 17.7 Å². The van der Waals surface area contributed by atoms with Crippen molar-refractivity contribution < 1.29 is 5.11 Å². The molecule has 0 aliphatic heterocycles. The van der Waals surface area contributed by atoms with Crippen molar-refractivity contribution in [3.63, 3.8) is 0 Å². The Kier molecular flexibility index (Phi) is 4.14. The summed E-state index contributed by atoms with van der Waals surface area (Å²) in [5.74, 6) is 0. The van der Waals surface area contributed by atoms with Crippen LogP contribution in [0.2, 0.25) is 0 Å². The Bertz CT molecular complexity index is 419. The van der Waals surface area contributed by atoms with Crippen LogP contribution in [0.4, 0.5) is 0 Å². The molecule has 0 bridgehead atoms. The highest BCUT2D eigenvalue weighted by Gasteiger charge is 1.99. The van der Waals surface area contributed by atoms with E-state index in [1.165, 1.54) is 16.9 Å². The lowest BCUT2D eigenvalue weighted by molar-refractivity contribution is 0.285. The highest BCUT2D eigenvalue weighted by Crippen LogP contribution is 2.18. The minimum Gasteiger partial charge on any atom is -0.391 e. The molecule has 0 radical (unpaired) electrons. The van der Waals surface area contributed by atoms with Gasteiger partial charge in [0.05, 0.1) is 6.61 Å². The Balaban J connectivity index is 1.80. The molecule has 2 rings (SSSR count). The lowest BCUT2D eigenvalue weighted by Crippen LogP contribution is -1.87. The third kappa shape index (κ3) is 3.19. The quantitative estimate of drug-likeness (QED) is 0.837. The molecule has 0 aliphatic rings. The normalized spacial score (nSPS) is 10.6. The first kappa shape index (κ1) is 11.4. The first-order valence-corrected chi connectivity index (χ1v) is 6.42. The highest BCUT2D eigenvalue weighted by molar-refractivity contribution is 7.11. The van der Waals surface area contributed by atoms with E-state index >= 15 is 0 Å². The van der Waals surface area contributed by atoms with E-state index in [4.69, 9.17) is 5.11 Å². The molecule has 0 saturated heterocycles. The topological polar surface area (TPSA) is 20.2 Å². The van der Waals surface area contributed by atoms with Gasteiger partial charge in [0.2, 0.25) is 0 Å². The van der Waals surface area contributed by atoms with Crippen molar-refractivity contribution in [2.24, 2.45) is 0 Å². The molecule has 2 heteroatoms. The van der Waals surface area contributed by atoms with E-state index in [9.17, 15) is 0 Å². The summed E-state index contributed by atoms with van der Waals surface area (Å²) in [7, 11) is 0. The number of rotatable bonds is 5. The second-order valence-corrected chi connectivity index (χ2v) is 5.12. The van der Waals surface area contributed by atoms with Gasteiger partial charge in [-0.25, -0.2) is 0 Å². The largest absolute Gasteiger partial charge is 0.391 e. The number of aliphatic hydroxyl groups excluding tert-OH is 1. The molecule has 1 nitrogen and oxygen atoms in total. The van der Waals surface area contributed by atoms with E-state index in [1.54, 1.807) is 11.3 Å². The van der Waals surface area contributed by atoms with Crippen molar-refractivity contribution >= 4 is 11.3 Å². The van der Waals surface area contributed by atoms with Crippen LogP contribution in [0.3, 0.4) is 0 Å². The van der Waals surface area contributed by atoms with Crippen molar-refractivity contribution in [1.82, 2.24) is 0 Å². The minimum atomic E-state index is 0.170. The van der Waals surface area contributed by atoms with Crippen LogP contribution in [0.15, 0.2) is 42.5 Å². The van der Waals surface area contributed by atoms with Crippen molar-refractivity contribution in [2.75, 3.05) is 0 Å². The van der Waals surface area contributed by atoms with E-state index in [-0.39, 0.29) is 6.61 Å². The number of hydrogen-bond acceptors (Lipinski definition) is 2. The van der Waals surface area contributed by atoms with Gasteiger partial charge in [-0.05, 0) is 37.0 Å². The van der Waals surface area contributed by atoms with Gasteiger partial charge >= 0.3 is 0 Å². The minimum absolute atomic E-state index is 0.170. The Morgan fingerprint density at radius 2 is 1.62 bits per heavy atom. The van der Waals surface area contributed by atoms with Gasteiger partial charge in [0.15, 0.2) is 0 Å². The Morgan fingerprint density at radius 1 is 0.875 bits per heavy atom. The Morgan fingerprint density at radius 3 is 2.31 bits per heavy atom. The van der Waals surface area contributed by atoms with E-state index in [1.807, 2.05) is 6.07 Å². The molecule has 1 aromatic heterocycles. The number of aliphatic hydroxyl groups is 1. The van der Waals surface area contributed by atoms with Crippen molar-refractivity contribution in [2.45, 2.75) is 25.9 Å². The fourth-order valence-corrected chi connectivity index (χ4v) is 2.67. The molecule has 0 atom stereocenters. The van der Waals surface area contributed by atoms with Crippen LogP contribution < -0.4 is 0 Å². The zero-order valence-corrected chi connectivity index (χ0v) is 10.0. The van der Waals surface area contributed by atoms with Crippen LogP contribution in [0.1, 0.15) is 21.7 Å². The molecule has 0 aliphatic carbocycles. The fourth-order valence-electron chi connectivity index (χ4n) is 1.75. The number of hydrogen-bond donors (Lipinski definition) is 1. The molecule has 0 amide bonds. The average molecular weight is 232 g/mol. The first-order chi connectivity index (χ1) is 7.88. The summed E-state index contributed by atoms with van der Waals surface area (Å²) in [6, 6.07) is 14.7. The van der Waals surface area contributed by atoms with Crippen LogP contribution >= 0.6 is 11.3 Å². The van der Waals surface area contributed by atoms with Gasteiger partial charge in [0, 0.05) is 9.75 Å². The van der Waals surface area contributed by atoms with Crippen LogP contribution in [0.5, 0.6) is 0 Å². The maximum atomic E-state index is 8.96. The smallest absolute Gasteiger partial charge is 0.0774 e. The molecular weight excluding hydrogens is 216 g/mol. The summed E-state index contributed by atoms with van der Waals surface area (Å²) in [6.07, 6.45) is 3.42. The van der Waals surface area contributed by atoms with E-state index in [0.29, 0.717) is 0 Å². The summed E-state index contributed by atoms with van der Waals surface area (Å²) in [5.41, 5.74) is 1.40. The predicted octanol–water partition coefficient (Wildman–Crippen LogP) is 3.42. The molecule has 84 valence electrons.